The first kappa shape index (κ1) is 17.5. The SMILES string of the molecule is COC(=O)c1cc(NCCc2cccc(F)c2)ccc1OC(C)=O. The van der Waals surface area contributed by atoms with Crippen molar-refractivity contribution in [1.29, 1.82) is 0 Å². The van der Waals surface area contributed by atoms with Gasteiger partial charge in [0.1, 0.15) is 17.1 Å². The summed E-state index contributed by atoms with van der Waals surface area (Å²) < 4.78 is 22.8. The summed E-state index contributed by atoms with van der Waals surface area (Å²) in [4.78, 5) is 22.9. The maximum atomic E-state index is 13.1. The molecule has 6 heteroatoms. The molecule has 0 bridgehead atoms. The van der Waals surface area contributed by atoms with Gasteiger partial charge < -0.3 is 14.8 Å². The Morgan fingerprint density at radius 3 is 2.62 bits per heavy atom. The molecule has 0 aliphatic carbocycles. The third-order valence-corrected chi connectivity index (χ3v) is 3.27. The minimum Gasteiger partial charge on any atom is -0.465 e. The molecule has 0 saturated heterocycles. The zero-order valence-electron chi connectivity index (χ0n) is 13.5. The Morgan fingerprint density at radius 2 is 1.96 bits per heavy atom. The molecule has 2 rings (SSSR count). The van der Waals surface area contributed by atoms with Crippen molar-refractivity contribution >= 4 is 17.6 Å². The molecule has 0 spiro atoms. The summed E-state index contributed by atoms with van der Waals surface area (Å²) in [5.41, 5.74) is 1.69. The Bertz CT molecular complexity index is 746. The van der Waals surface area contributed by atoms with E-state index < -0.39 is 11.9 Å². The lowest BCUT2D eigenvalue weighted by Gasteiger charge is -2.11. The average molecular weight is 331 g/mol. The van der Waals surface area contributed by atoms with E-state index in [0.29, 0.717) is 18.7 Å². The molecule has 0 atom stereocenters. The zero-order chi connectivity index (χ0) is 17.5. The number of anilines is 1. The topological polar surface area (TPSA) is 64.6 Å². The molecule has 0 amide bonds. The summed E-state index contributed by atoms with van der Waals surface area (Å²) in [6, 6.07) is 11.1. The van der Waals surface area contributed by atoms with Crippen molar-refractivity contribution in [3.05, 3.63) is 59.4 Å². The van der Waals surface area contributed by atoms with Gasteiger partial charge in [-0.1, -0.05) is 12.1 Å². The van der Waals surface area contributed by atoms with Crippen molar-refractivity contribution < 1.29 is 23.5 Å². The van der Waals surface area contributed by atoms with Crippen LogP contribution in [0.4, 0.5) is 10.1 Å². The third-order valence-electron chi connectivity index (χ3n) is 3.27. The van der Waals surface area contributed by atoms with Crippen LogP contribution in [-0.2, 0) is 16.0 Å². The molecule has 0 aromatic heterocycles. The van der Waals surface area contributed by atoms with E-state index in [0.717, 1.165) is 5.56 Å². The smallest absolute Gasteiger partial charge is 0.341 e. The number of methoxy groups -OCH3 is 1. The molecule has 0 aliphatic heterocycles. The number of carbonyl (C=O) groups is 2. The molecule has 5 nitrogen and oxygen atoms in total. The highest BCUT2D eigenvalue weighted by Crippen LogP contribution is 2.24. The molecule has 0 fully saturated rings. The van der Waals surface area contributed by atoms with E-state index in [1.54, 1.807) is 18.2 Å². The molecule has 0 radical (unpaired) electrons. The van der Waals surface area contributed by atoms with Crippen molar-refractivity contribution in [3.8, 4) is 5.75 Å². The van der Waals surface area contributed by atoms with Gasteiger partial charge in [-0.05, 0) is 42.3 Å². The summed E-state index contributed by atoms with van der Waals surface area (Å²) in [5.74, 6) is -1.25. The van der Waals surface area contributed by atoms with Gasteiger partial charge in [0.15, 0.2) is 0 Å². The second kappa shape index (κ2) is 8.10. The fourth-order valence-corrected chi connectivity index (χ4v) is 2.20. The predicted molar refractivity (Wildman–Crippen MR) is 87.7 cm³/mol. The van der Waals surface area contributed by atoms with Gasteiger partial charge in [-0.25, -0.2) is 9.18 Å². The monoisotopic (exact) mass is 331 g/mol. The van der Waals surface area contributed by atoms with Crippen LogP contribution in [0.15, 0.2) is 42.5 Å². The number of benzene rings is 2. The van der Waals surface area contributed by atoms with Crippen molar-refractivity contribution in [1.82, 2.24) is 0 Å². The van der Waals surface area contributed by atoms with Gasteiger partial charge in [0, 0.05) is 19.2 Å². The maximum Gasteiger partial charge on any atom is 0.341 e. The molecule has 24 heavy (non-hydrogen) atoms. The van der Waals surface area contributed by atoms with Gasteiger partial charge >= 0.3 is 11.9 Å². The van der Waals surface area contributed by atoms with E-state index in [2.05, 4.69) is 5.32 Å². The first-order chi connectivity index (χ1) is 11.5. The van der Waals surface area contributed by atoms with Gasteiger partial charge in [0.25, 0.3) is 0 Å². The summed E-state index contributed by atoms with van der Waals surface area (Å²) in [6.07, 6.45) is 0.622. The second-order valence-electron chi connectivity index (χ2n) is 5.10. The largest absolute Gasteiger partial charge is 0.465 e. The molecule has 2 aromatic carbocycles. The van der Waals surface area contributed by atoms with Gasteiger partial charge in [-0.3, -0.25) is 4.79 Å². The van der Waals surface area contributed by atoms with E-state index in [1.807, 2.05) is 6.07 Å². The summed E-state index contributed by atoms with van der Waals surface area (Å²) in [7, 11) is 1.25. The minimum atomic E-state index is -0.597. The van der Waals surface area contributed by atoms with Crippen molar-refractivity contribution in [3.63, 3.8) is 0 Å². The Morgan fingerprint density at radius 1 is 1.17 bits per heavy atom. The van der Waals surface area contributed by atoms with Gasteiger partial charge in [0.2, 0.25) is 0 Å². The number of halogens is 1. The molecule has 1 N–H and O–H groups in total. The Balaban J connectivity index is 2.07. The number of nitrogens with one attached hydrogen (secondary N) is 1. The van der Waals surface area contributed by atoms with Crippen LogP contribution in [0, 0.1) is 5.82 Å². The van der Waals surface area contributed by atoms with E-state index in [1.165, 1.54) is 32.2 Å². The fraction of sp³-hybridized carbons (Fsp3) is 0.222. The molecule has 126 valence electrons. The Labute approximate surface area is 139 Å². The van der Waals surface area contributed by atoms with Crippen molar-refractivity contribution in [2.45, 2.75) is 13.3 Å². The highest BCUT2D eigenvalue weighted by molar-refractivity contribution is 5.94. The molecule has 2 aromatic rings. The summed E-state index contributed by atoms with van der Waals surface area (Å²) in [5, 5.41) is 3.14. The predicted octanol–water partition coefficient (Wildman–Crippen LogP) is 3.19. The first-order valence-electron chi connectivity index (χ1n) is 7.38. The lowest BCUT2D eigenvalue weighted by atomic mass is 10.1. The van der Waals surface area contributed by atoms with Crippen LogP contribution in [-0.4, -0.2) is 25.6 Å². The quantitative estimate of drug-likeness (QED) is 0.650. The number of hydrogen-bond donors (Lipinski definition) is 1. The molecule has 0 aliphatic rings. The third kappa shape index (κ3) is 4.81. The lowest BCUT2D eigenvalue weighted by Crippen LogP contribution is -2.11. The van der Waals surface area contributed by atoms with Crippen LogP contribution < -0.4 is 10.1 Å². The number of carbonyl (C=O) groups excluding carboxylic acids is 2. The van der Waals surface area contributed by atoms with Crippen molar-refractivity contribution in [2.24, 2.45) is 0 Å². The lowest BCUT2D eigenvalue weighted by molar-refractivity contribution is -0.131. The standard InChI is InChI=1S/C18H18FNO4/c1-12(21)24-17-7-6-15(11-16(17)18(22)23-2)20-9-8-13-4-3-5-14(19)10-13/h3-7,10-11,20H,8-9H2,1-2H3. The minimum absolute atomic E-state index is 0.144. The average Bonchev–Trinajstić information content (AvgIpc) is 2.55. The normalized spacial score (nSPS) is 10.1. The van der Waals surface area contributed by atoms with E-state index in [-0.39, 0.29) is 17.1 Å². The number of esters is 2. The zero-order valence-corrected chi connectivity index (χ0v) is 13.5. The summed E-state index contributed by atoms with van der Waals surface area (Å²) in [6.45, 7) is 1.81. The van der Waals surface area contributed by atoms with Crippen LogP contribution in [0.25, 0.3) is 0 Å². The highest BCUT2D eigenvalue weighted by Gasteiger charge is 2.15. The van der Waals surface area contributed by atoms with Gasteiger partial charge in [0.05, 0.1) is 7.11 Å². The number of rotatable bonds is 6. The number of ether oxygens (including phenoxy) is 2. The summed E-state index contributed by atoms with van der Waals surface area (Å²) >= 11 is 0. The number of hydrogen-bond acceptors (Lipinski definition) is 5. The highest BCUT2D eigenvalue weighted by atomic mass is 19.1. The molecule has 0 saturated carbocycles. The second-order valence-corrected chi connectivity index (χ2v) is 5.10. The van der Waals surface area contributed by atoms with Crippen LogP contribution in [0.1, 0.15) is 22.8 Å². The van der Waals surface area contributed by atoms with E-state index in [9.17, 15) is 14.0 Å². The Hall–Kier alpha value is -2.89. The van der Waals surface area contributed by atoms with Gasteiger partial charge in [-0.15, -0.1) is 0 Å². The molecular formula is C18H18FNO4. The van der Waals surface area contributed by atoms with Crippen LogP contribution >= 0.6 is 0 Å². The van der Waals surface area contributed by atoms with Crippen molar-refractivity contribution in [2.75, 3.05) is 19.0 Å². The fourth-order valence-electron chi connectivity index (χ4n) is 2.20. The van der Waals surface area contributed by atoms with Crippen LogP contribution in [0.3, 0.4) is 0 Å². The first-order valence-corrected chi connectivity index (χ1v) is 7.38. The van der Waals surface area contributed by atoms with Crippen LogP contribution in [0.5, 0.6) is 5.75 Å². The van der Waals surface area contributed by atoms with Crippen LogP contribution in [0.2, 0.25) is 0 Å². The molecule has 0 unspecified atom stereocenters. The van der Waals surface area contributed by atoms with Gasteiger partial charge in [-0.2, -0.15) is 0 Å². The molecule has 0 heterocycles. The molecular weight excluding hydrogens is 313 g/mol. The van der Waals surface area contributed by atoms with E-state index >= 15 is 0 Å². The van der Waals surface area contributed by atoms with E-state index in [4.69, 9.17) is 9.47 Å². The maximum absolute atomic E-state index is 13.1. The Kier molecular flexibility index (Phi) is 5.89.